The van der Waals surface area contributed by atoms with Crippen LogP contribution in [0.2, 0.25) is 0 Å². The molecule has 0 saturated heterocycles. The average molecular weight is 360 g/mol. The van der Waals surface area contributed by atoms with Gasteiger partial charge in [0.15, 0.2) is 0 Å². The van der Waals surface area contributed by atoms with Crippen molar-refractivity contribution in [1.82, 2.24) is 5.32 Å². The van der Waals surface area contributed by atoms with Gasteiger partial charge in [0, 0.05) is 10.9 Å². The second-order valence-corrected chi connectivity index (χ2v) is 6.73. The van der Waals surface area contributed by atoms with E-state index in [1.54, 1.807) is 13.0 Å². The van der Waals surface area contributed by atoms with E-state index in [1.165, 1.54) is 11.3 Å². The number of nitrogens with one attached hydrogen (secondary N) is 2. The molecule has 0 saturated carbocycles. The van der Waals surface area contributed by atoms with Crippen LogP contribution in [0.4, 0.5) is 5.00 Å². The Hall–Kier alpha value is -2.18. The maximum Gasteiger partial charge on any atom is 0.341 e. The van der Waals surface area contributed by atoms with Gasteiger partial charge in [-0.3, -0.25) is 4.79 Å². The fourth-order valence-electron chi connectivity index (χ4n) is 2.17. The van der Waals surface area contributed by atoms with E-state index in [-0.39, 0.29) is 25.1 Å². The van der Waals surface area contributed by atoms with Gasteiger partial charge in [-0.05, 0) is 31.9 Å². The fourth-order valence-corrected chi connectivity index (χ4v) is 3.24. The Labute approximate surface area is 152 Å². The molecule has 2 N–H and O–H groups in total. The number of thiophene rings is 1. The Balaban J connectivity index is 2.21. The second-order valence-electron chi connectivity index (χ2n) is 5.68. The highest BCUT2D eigenvalue weighted by Crippen LogP contribution is 2.35. The average Bonchev–Trinajstić information content (AvgIpc) is 3.04. The predicted octanol–water partition coefficient (Wildman–Crippen LogP) is 3.92. The Kier molecular flexibility index (Phi) is 7.16. The number of ether oxygens (including phenoxy) is 1. The fraction of sp³-hybridized carbons (Fsp3) is 0.368. The third kappa shape index (κ3) is 5.41. The van der Waals surface area contributed by atoms with Crippen LogP contribution in [-0.4, -0.2) is 31.1 Å². The molecule has 0 spiro atoms. The van der Waals surface area contributed by atoms with Crippen molar-refractivity contribution in [3.05, 3.63) is 42.0 Å². The van der Waals surface area contributed by atoms with Gasteiger partial charge in [0.2, 0.25) is 5.91 Å². The number of esters is 1. The number of hydrogen-bond acceptors (Lipinski definition) is 5. The first kappa shape index (κ1) is 19.1. The highest BCUT2D eigenvalue weighted by molar-refractivity contribution is 7.20. The van der Waals surface area contributed by atoms with Gasteiger partial charge in [0.25, 0.3) is 0 Å². The van der Waals surface area contributed by atoms with Crippen LogP contribution < -0.4 is 10.6 Å². The molecule has 2 rings (SSSR count). The van der Waals surface area contributed by atoms with Gasteiger partial charge in [-0.2, -0.15) is 0 Å². The van der Waals surface area contributed by atoms with Crippen LogP contribution in [0.1, 0.15) is 37.6 Å². The summed E-state index contributed by atoms with van der Waals surface area (Å²) in [7, 11) is 0. The summed E-state index contributed by atoms with van der Waals surface area (Å²) in [4.78, 5) is 25.3. The van der Waals surface area contributed by atoms with E-state index >= 15 is 0 Å². The normalized spacial score (nSPS) is 11.8. The summed E-state index contributed by atoms with van der Waals surface area (Å²) >= 11 is 1.37. The minimum absolute atomic E-state index is 0.174. The Morgan fingerprint density at radius 1 is 1.20 bits per heavy atom. The van der Waals surface area contributed by atoms with E-state index in [4.69, 9.17) is 4.74 Å². The molecular formula is C19H24N2O3S. The number of benzene rings is 1. The molecule has 0 unspecified atom stereocenters. The van der Waals surface area contributed by atoms with E-state index < -0.39 is 5.97 Å². The number of carbonyl (C=O) groups is 2. The van der Waals surface area contributed by atoms with Crippen molar-refractivity contribution >= 4 is 28.2 Å². The lowest BCUT2D eigenvalue weighted by molar-refractivity contribution is -0.115. The summed E-state index contributed by atoms with van der Waals surface area (Å²) in [5.74, 6) is -0.599. The number of carbonyl (C=O) groups excluding carboxylic acids is 2. The van der Waals surface area contributed by atoms with Gasteiger partial charge in [-0.25, -0.2) is 4.79 Å². The third-order valence-electron chi connectivity index (χ3n) is 3.76. The van der Waals surface area contributed by atoms with Crippen LogP contribution in [0.25, 0.3) is 10.4 Å². The molecule has 6 heteroatoms. The van der Waals surface area contributed by atoms with Crippen molar-refractivity contribution in [2.45, 2.75) is 33.2 Å². The molecule has 1 aromatic carbocycles. The van der Waals surface area contributed by atoms with Crippen LogP contribution >= 0.6 is 11.3 Å². The van der Waals surface area contributed by atoms with Crippen molar-refractivity contribution in [2.75, 3.05) is 18.5 Å². The molecular weight excluding hydrogens is 336 g/mol. The maximum atomic E-state index is 12.2. The maximum absolute atomic E-state index is 12.2. The summed E-state index contributed by atoms with van der Waals surface area (Å²) < 4.78 is 5.12. The van der Waals surface area contributed by atoms with Crippen molar-refractivity contribution in [2.24, 2.45) is 0 Å². The molecule has 0 aliphatic heterocycles. The van der Waals surface area contributed by atoms with Crippen LogP contribution in [0.5, 0.6) is 0 Å². The van der Waals surface area contributed by atoms with Gasteiger partial charge in [0.1, 0.15) is 5.00 Å². The molecule has 25 heavy (non-hydrogen) atoms. The van der Waals surface area contributed by atoms with Crippen LogP contribution in [0, 0.1) is 0 Å². The largest absolute Gasteiger partial charge is 0.462 e. The summed E-state index contributed by atoms with van der Waals surface area (Å²) in [6, 6.07) is 11.8. The number of hydrogen-bond donors (Lipinski definition) is 2. The SMILES string of the molecule is CCOC(=O)c1cc(-c2ccccc2)sc1NC(=O)CN[C@H](C)CC. The zero-order chi connectivity index (χ0) is 18.2. The van der Waals surface area contributed by atoms with E-state index in [1.807, 2.05) is 37.3 Å². The Morgan fingerprint density at radius 2 is 1.92 bits per heavy atom. The van der Waals surface area contributed by atoms with Crippen molar-refractivity contribution < 1.29 is 14.3 Å². The van der Waals surface area contributed by atoms with E-state index in [0.29, 0.717) is 10.6 Å². The second kappa shape index (κ2) is 9.34. The van der Waals surface area contributed by atoms with E-state index in [9.17, 15) is 9.59 Å². The molecule has 0 aliphatic carbocycles. The van der Waals surface area contributed by atoms with Gasteiger partial charge in [0.05, 0.1) is 18.7 Å². The monoisotopic (exact) mass is 360 g/mol. The first-order valence-electron chi connectivity index (χ1n) is 8.44. The van der Waals surface area contributed by atoms with Gasteiger partial charge >= 0.3 is 5.97 Å². The van der Waals surface area contributed by atoms with Gasteiger partial charge in [-0.15, -0.1) is 11.3 Å². The number of anilines is 1. The Bertz CT molecular complexity index is 713. The summed E-state index contributed by atoms with van der Waals surface area (Å²) in [6.45, 7) is 6.33. The minimum atomic E-state index is -0.425. The lowest BCUT2D eigenvalue weighted by atomic mass is 10.1. The molecule has 2 aromatic rings. The van der Waals surface area contributed by atoms with Crippen LogP contribution in [-0.2, 0) is 9.53 Å². The van der Waals surface area contributed by atoms with E-state index in [0.717, 1.165) is 16.9 Å². The van der Waals surface area contributed by atoms with Crippen molar-refractivity contribution in [3.63, 3.8) is 0 Å². The minimum Gasteiger partial charge on any atom is -0.462 e. The lowest BCUT2D eigenvalue weighted by Gasteiger charge is -2.11. The van der Waals surface area contributed by atoms with E-state index in [2.05, 4.69) is 17.6 Å². The highest BCUT2D eigenvalue weighted by atomic mass is 32.1. The van der Waals surface area contributed by atoms with Crippen molar-refractivity contribution in [1.29, 1.82) is 0 Å². The summed E-state index contributed by atoms with van der Waals surface area (Å²) in [5, 5.41) is 6.50. The molecule has 134 valence electrons. The molecule has 0 fully saturated rings. The molecule has 5 nitrogen and oxygen atoms in total. The third-order valence-corrected chi connectivity index (χ3v) is 4.86. The highest BCUT2D eigenvalue weighted by Gasteiger charge is 2.19. The summed E-state index contributed by atoms with van der Waals surface area (Å²) in [6.07, 6.45) is 0.943. The molecule has 0 bridgehead atoms. The first-order valence-corrected chi connectivity index (χ1v) is 9.26. The molecule has 0 radical (unpaired) electrons. The quantitative estimate of drug-likeness (QED) is 0.700. The predicted molar refractivity (Wildman–Crippen MR) is 102 cm³/mol. The van der Waals surface area contributed by atoms with Gasteiger partial charge in [-0.1, -0.05) is 37.3 Å². The zero-order valence-corrected chi connectivity index (χ0v) is 15.6. The standard InChI is InChI=1S/C19H24N2O3S/c1-4-13(3)20-12-17(22)21-18-15(19(23)24-5-2)11-16(25-18)14-9-7-6-8-10-14/h6-11,13,20H,4-5,12H2,1-3H3,(H,21,22)/t13-/m1/s1. The lowest BCUT2D eigenvalue weighted by Crippen LogP contribution is -2.34. The first-order chi connectivity index (χ1) is 12.0. The summed E-state index contributed by atoms with van der Waals surface area (Å²) in [5.41, 5.74) is 1.39. The molecule has 1 amide bonds. The molecule has 0 aliphatic rings. The molecule has 1 aromatic heterocycles. The van der Waals surface area contributed by atoms with Crippen molar-refractivity contribution in [3.8, 4) is 10.4 Å². The number of amides is 1. The van der Waals surface area contributed by atoms with Crippen LogP contribution in [0.3, 0.4) is 0 Å². The van der Waals surface area contributed by atoms with Gasteiger partial charge < -0.3 is 15.4 Å². The van der Waals surface area contributed by atoms with Crippen LogP contribution in [0.15, 0.2) is 36.4 Å². The molecule has 1 heterocycles. The smallest absolute Gasteiger partial charge is 0.341 e. The topological polar surface area (TPSA) is 67.4 Å². The Morgan fingerprint density at radius 3 is 2.56 bits per heavy atom. The zero-order valence-electron chi connectivity index (χ0n) is 14.8. The molecule has 1 atom stereocenters. The number of rotatable bonds is 8.